The van der Waals surface area contributed by atoms with Gasteiger partial charge < -0.3 is 9.73 Å². The highest BCUT2D eigenvalue weighted by Crippen LogP contribution is 2.06. The molecule has 0 aliphatic carbocycles. The molecule has 3 heteroatoms. The van der Waals surface area contributed by atoms with Crippen LogP contribution in [0.2, 0.25) is 0 Å². The Kier molecular flexibility index (Phi) is 6.19. The number of hydrogen-bond acceptors (Lipinski definition) is 3. The molecule has 1 N–H and O–H groups in total. The Morgan fingerprint density at radius 3 is 2.94 bits per heavy atom. The third kappa shape index (κ3) is 4.81. The minimum atomic E-state index is 0.530. The number of furan rings is 1. The second-order valence-corrected chi connectivity index (χ2v) is 4.40. The van der Waals surface area contributed by atoms with E-state index in [9.17, 15) is 0 Å². The van der Waals surface area contributed by atoms with Crippen LogP contribution in [0.3, 0.4) is 0 Å². The van der Waals surface area contributed by atoms with Gasteiger partial charge in [0.05, 0.1) is 12.8 Å². The van der Waals surface area contributed by atoms with E-state index in [4.69, 9.17) is 4.42 Å². The lowest BCUT2D eigenvalue weighted by Crippen LogP contribution is -2.37. The highest BCUT2D eigenvalue weighted by molar-refractivity contribution is 4.97. The van der Waals surface area contributed by atoms with Crippen LogP contribution in [0.1, 0.15) is 32.4 Å². The van der Waals surface area contributed by atoms with Crippen molar-refractivity contribution >= 4 is 0 Å². The molecule has 92 valence electrons. The average Bonchev–Trinajstić information content (AvgIpc) is 2.76. The van der Waals surface area contributed by atoms with Crippen LogP contribution >= 0.6 is 0 Å². The van der Waals surface area contributed by atoms with E-state index in [2.05, 4.69) is 31.1 Å². The summed E-state index contributed by atoms with van der Waals surface area (Å²) in [7, 11) is 2.13. The van der Waals surface area contributed by atoms with E-state index in [0.717, 1.165) is 25.4 Å². The van der Waals surface area contributed by atoms with Crippen LogP contribution in [0.25, 0.3) is 0 Å². The maximum Gasteiger partial charge on any atom is 0.117 e. The Morgan fingerprint density at radius 2 is 2.31 bits per heavy atom. The van der Waals surface area contributed by atoms with Gasteiger partial charge in [-0.25, -0.2) is 0 Å². The molecule has 0 bridgehead atoms. The van der Waals surface area contributed by atoms with E-state index in [1.165, 1.54) is 12.8 Å². The summed E-state index contributed by atoms with van der Waals surface area (Å²) in [5.41, 5.74) is 0. The van der Waals surface area contributed by atoms with Gasteiger partial charge in [0.1, 0.15) is 5.76 Å². The topological polar surface area (TPSA) is 28.4 Å². The molecule has 3 nitrogen and oxygen atoms in total. The van der Waals surface area contributed by atoms with Crippen LogP contribution in [0, 0.1) is 0 Å². The number of nitrogens with one attached hydrogen (secondary N) is 1. The van der Waals surface area contributed by atoms with Crippen molar-refractivity contribution in [1.29, 1.82) is 0 Å². The van der Waals surface area contributed by atoms with E-state index in [-0.39, 0.29) is 0 Å². The molecule has 16 heavy (non-hydrogen) atoms. The van der Waals surface area contributed by atoms with Gasteiger partial charge in [-0.1, -0.05) is 13.3 Å². The lowest BCUT2D eigenvalue weighted by molar-refractivity contribution is 0.224. The van der Waals surface area contributed by atoms with Crippen molar-refractivity contribution < 1.29 is 4.42 Å². The predicted molar refractivity (Wildman–Crippen MR) is 67.4 cm³/mol. The third-order valence-corrected chi connectivity index (χ3v) is 2.88. The number of likely N-dealkylation sites (N-methyl/N-ethyl adjacent to an activating group) is 1. The van der Waals surface area contributed by atoms with Gasteiger partial charge in [-0.15, -0.1) is 0 Å². The molecule has 0 saturated carbocycles. The van der Waals surface area contributed by atoms with Crippen LogP contribution in [0.15, 0.2) is 22.8 Å². The van der Waals surface area contributed by atoms with Crippen molar-refractivity contribution in [2.24, 2.45) is 0 Å². The van der Waals surface area contributed by atoms with E-state index in [1.54, 1.807) is 6.26 Å². The van der Waals surface area contributed by atoms with Crippen molar-refractivity contribution in [2.45, 2.75) is 39.3 Å². The molecule has 1 rings (SSSR count). The number of hydrogen-bond donors (Lipinski definition) is 1. The largest absolute Gasteiger partial charge is 0.468 e. The molecule has 0 aliphatic heterocycles. The van der Waals surface area contributed by atoms with Crippen LogP contribution in [0.5, 0.6) is 0 Å². The van der Waals surface area contributed by atoms with Crippen molar-refractivity contribution in [2.75, 3.05) is 20.1 Å². The molecule has 1 aromatic heterocycles. The van der Waals surface area contributed by atoms with Gasteiger partial charge in [-0.2, -0.15) is 0 Å². The fourth-order valence-electron chi connectivity index (χ4n) is 1.57. The molecular formula is C13H24N2O. The van der Waals surface area contributed by atoms with Crippen molar-refractivity contribution in [3.8, 4) is 0 Å². The molecule has 1 unspecified atom stereocenters. The molecular weight excluding hydrogens is 200 g/mol. The molecule has 0 spiro atoms. The van der Waals surface area contributed by atoms with Crippen LogP contribution in [-0.2, 0) is 6.54 Å². The standard InChI is InChI=1S/C13H24N2O/c1-4-5-8-14-10-12(2)15(3)11-13-7-6-9-16-13/h6-7,9,12,14H,4-5,8,10-11H2,1-3H3. The third-order valence-electron chi connectivity index (χ3n) is 2.88. The van der Waals surface area contributed by atoms with Gasteiger partial charge in [0.15, 0.2) is 0 Å². The number of unbranched alkanes of at least 4 members (excludes halogenated alkanes) is 1. The van der Waals surface area contributed by atoms with E-state index in [0.29, 0.717) is 6.04 Å². The quantitative estimate of drug-likeness (QED) is 0.688. The van der Waals surface area contributed by atoms with Gasteiger partial charge in [0.25, 0.3) is 0 Å². The fraction of sp³-hybridized carbons (Fsp3) is 0.692. The summed E-state index contributed by atoms with van der Waals surface area (Å²) in [5, 5.41) is 3.47. The van der Waals surface area contributed by atoms with Crippen LogP contribution in [-0.4, -0.2) is 31.1 Å². The van der Waals surface area contributed by atoms with E-state index in [1.807, 2.05) is 12.1 Å². The average molecular weight is 224 g/mol. The minimum Gasteiger partial charge on any atom is -0.468 e. The monoisotopic (exact) mass is 224 g/mol. The minimum absolute atomic E-state index is 0.530. The van der Waals surface area contributed by atoms with Gasteiger partial charge in [-0.3, -0.25) is 4.90 Å². The maximum atomic E-state index is 5.34. The van der Waals surface area contributed by atoms with Crippen molar-refractivity contribution in [1.82, 2.24) is 10.2 Å². The lowest BCUT2D eigenvalue weighted by Gasteiger charge is -2.24. The van der Waals surface area contributed by atoms with Crippen molar-refractivity contribution in [3.63, 3.8) is 0 Å². The summed E-state index contributed by atoms with van der Waals surface area (Å²) in [6.45, 7) is 7.49. The second kappa shape index (κ2) is 7.47. The smallest absolute Gasteiger partial charge is 0.117 e. The van der Waals surface area contributed by atoms with Gasteiger partial charge >= 0.3 is 0 Å². The summed E-state index contributed by atoms with van der Waals surface area (Å²) in [6, 6.07) is 4.49. The molecule has 0 radical (unpaired) electrons. The summed E-state index contributed by atoms with van der Waals surface area (Å²) in [6.07, 6.45) is 4.24. The summed E-state index contributed by atoms with van der Waals surface area (Å²) >= 11 is 0. The number of nitrogens with zero attached hydrogens (tertiary/aromatic N) is 1. The molecule has 1 heterocycles. The highest BCUT2D eigenvalue weighted by Gasteiger charge is 2.09. The number of rotatable bonds is 8. The van der Waals surface area contributed by atoms with Gasteiger partial charge in [0, 0.05) is 12.6 Å². The summed E-state index contributed by atoms with van der Waals surface area (Å²) in [5.74, 6) is 1.03. The highest BCUT2D eigenvalue weighted by atomic mass is 16.3. The molecule has 0 fully saturated rings. The molecule has 0 saturated heterocycles. The first-order valence-electron chi connectivity index (χ1n) is 6.17. The zero-order chi connectivity index (χ0) is 11.8. The Hall–Kier alpha value is -0.800. The molecule has 0 amide bonds. The van der Waals surface area contributed by atoms with Crippen LogP contribution < -0.4 is 5.32 Å². The summed E-state index contributed by atoms with van der Waals surface area (Å²) in [4.78, 5) is 2.30. The molecule has 0 aromatic carbocycles. The maximum absolute atomic E-state index is 5.34. The first kappa shape index (κ1) is 13.3. The molecule has 1 atom stereocenters. The Morgan fingerprint density at radius 1 is 1.50 bits per heavy atom. The normalized spacial score (nSPS) is 13.2. The zero-order valence-electron chi connectivity index (χ0n) is 10.7. The fourth-order valence-corrected chi connectivity index (χ4v) is 1.57. The van der Waals surface area contributed by atoms with E-state index >= 15 is 0 Å². The van der Waals surface area contributed by atoms with Gasteiger partial charge in [-0.05, 0) is 39.1 Å². The SMILES string of the molecule is CCCCNCC(C)N(C)Cc1ccco1. The first-order chi connectivity index (χ1) is 7.74. The van der Waals surface area contributed by atoms with Gasteiger partial charge in [0.2, 0.25) is 0 Å². The van der Waals surface area contributed by atoms with Crippen molar-refractivity contribution in [3.05, 3.63) is 24.2 Å². The second-order valence-electron chi connectivity index (χ2n) is 4.40. The Balaban J connectivity index is 2.17. The molecule has 1 aromatic rings. The predicted octanol–water partition coefficient (Wildman–Crippen LogP) is 2.49. The Bertz CT molecular complexity index is 259. The lowest BCUT2D eigenvalue weighted by atomic mass is 10.2. The first-order valence-corrected chi connectivity index (χ1v) is 6.17. The Labute approximate surface area is 98.8 Å². The molecule has 0 aliphatic rings. The summed E-state index contributed by atoms with van der Waals surface area (Å²) < 4.78 is 5.34. The zero-order valence-corrected chi connectivity index (χ0v) is 10.7. The van der Waals surface area contributed by atoms with Crippen LogP contribution in [0.4, 0.5) is 0 Å². The van der Waals surface area contributed by atoms with E-state index < -0.39 is 0 Å².